The van der Waals surface area contributed by atoms with Gasteiger partial charge in [0.25, 0.3) is 0 Å². The SMILES string of the molecule is Cc1ccc(-c2c(C(=O)n3nc(Nc4ccccc4)cc3Nc3ccccc3)nnn2-c2ccc(Cl)cc2)cc1. The van der Waals surface area contributed by atoms with Crippen LogP contribution >= 0.6 is 11.6 Å². The third-order valence-corrected chi connectivity index (χ3v) is 6.52. The smallest absolute Gasteiger partial charge is 0.302 e. The van der Waals surface area contributed by atoms with Gasteiger partial charge >= 0.3 is 5.91 Å². The molecule has 2 heterocycles. The Labute approximate surface area is 235 Å². The Kier molecular flexibility index (Phi) is 6.82. The summed E-state index contributed by atoms with van der Waals surface area (Å²) in [7, 11) is 0. The maximum Gasteiger partial charge on any atom is 0.302 e. The van der Waals surface area contributed by atoms with Gasteiger partial charge in [-0.3, -0.25) is 4.79 Å². The summed E-state index contributed by atoms with van der Waals surface area (Å²) in [5.74, 6) is 0.542. The zero-order valence-electron chi connectivity index (χ0n) is 21.5. The van der Waals surface area contributed by atoms with Gasteiger partial charge in [-0.15, -0.1) is 10.2 Å². The minimum atomic E-state index is -0.435. The molecule has 0 atom stereocenters. The molecule has 0 fully saturated rings. The topological polar surface area (TPSA) is 89.7 Å². The summed E-state index contributed by atoms with van der Waals surface area (Å²) in [4.78, 5) is 14.2. The lowest BCUT2D eigenvalue weighted by Crippen LogP contribution is -2.18. The molecule has 4 aromatic carbocycles. The van der Waals surface area contributed by atoms with Gasteiger partial charge in [-0.1, -0.05) is 83.0 Å². The Hall–Kier alpha value is -5.21. The van der Waals surface area contributed by atoms with Gasteiger partial charge in [0.1, 0.15) is 11.5 Å². The predicted molar refractivity (Wildman–Crippen MR) is 158 cm³/mol. The number of carbonyl (C=O) groups excluding carboxylic acids is 1. The van der Waals surface area contributed by atoms with Crippen molar-refractivity contribution < 1.29 is 4.79 Å². The molecule has 0 aliphatic carbocycles. The van der Waals surface area contributed by atoms with Crippen LogP contribution in [0.3, 0.4) is 0 Å². The van der Waals surface area contributed by atoms with Gasteiger partial charge in [-0.2, -0.15) is 4.68 Å². The first kappa shape index (κ1) is 25.1. The van der Waals surface area contributed by atoms with Crippen LogP contribution in [-0.4, -0.2) is 30.7 Å². The van der Waals surface area contributed by atoms with Crippen LogP contribution in [0.4, 0.5) is 23.0 Å². The van der Waals surface area contributed by atoms with Crippen molar-refractivity contribution in [2.45, 2.75) is 6.92 Å². The molecule has 196 valence electrons. The molecule has 0 spiro atoms. The van der Waals surface area contributed by atoms with Crippen molar-refractivity contribution in [2.75, 3.05) is 10.6 Å². The maximum absolute atomic E-state index is 14.2. The van der Waals surface area contributed by atoms with Crippen LogP contribution in [0.15, 0.2) is 115 Å². The van der Waals surface area contributed by atoms with Crippen LogP contribution in [0, 0.1) is 6.92 Å². The molecule has 0 saturated carbocycles. The highest BCUT2D eigenvalue weighted by molar-refractivity contribution is 6.30. The fraction of sp³-hybridized carbons (Fsp3) is 0.0323. The number of anilines is 4. The zero-order chi connectivity index (χ0) is 27.5. The Morgan fingerprint density at radius 3 is 2.05 bits per heavy atom. The van der Waals surface area contributed by atoms with Crippen LogP contribution in [0.25, 0.3) is 16.9 Å². The van der Waals surface area contributed by atoms with Crippen molar-refractivity contribution in [3.63, 3.8) is 0 Å². The molecule has 6 aromatic rings. The monoisotopic (exact) mass is 545 g/mol. The Bertz CT molecular complexity index is 1760. The highest BCUT2D eigenvalue weighted by Crippen LogP contribution is 2.29. The predicted octanol–water partition coefficient (Wildman–Crippen LogP) is 7.27. The van der Waals surface area contributed by atoms with E-state index in [1.165, 1.54) is 4.68 Å². The van der Waals surface area contributed by atoms with E-state index in [1.807, 2.05) is 104 Å². The number of benzene rings is 4. The van der Waals surface area contributed by atoms with E-state index in [-0.39, 0.29) is 5.69 Å². The van der Waals surface area contributed by atoms with Gasteiger partial charge in [-0.05, 0) is 55.5 Å². The quantitative estimate of drug-likeness (QED) is 0.219. The number of aryl methyl sites for hydroxylation is 1. The van der Waals surface area contributed by atoms with Gasteiger partial charge in [-0.25, -0.2) is 4.68 Å². The van der Waals surface area contributed by atoms with E-state index < -0.39 is 5.91 Å². The van der Waals surface area contributed by atoms with Crippen molar-refractivity contribution in [1.29, 1.82) is 0 Å². The molecular formula is C31H24ClN7O. The molecule has 2 aromatic heterocycles. The molecule has 0 unspecified atom stereocenters. The molecule has 6 rings (SSSR count). The summed E-state index contributed by atoms with van der Waals surface area (Å²) < 4.78 is 2.96. The molecule has 8 nitrogen and oxygen atoms in total. The lowest BCUT2D eigenvalue weighted by molar-refractivity contribution is 0.0943. The lowest BCUT2D eigenvalue weighted by Gasteiger charge is -2.10. The van der Waals surface area contributed by atoms with E-state index in [1.54, 1.807) is 22.9 Å². The second-order valence-corrected chi connectivity index (χ2v) is 9.59. The highest BCUT2D eigenvalue weighted by Gasteiger charge is 2.26. The number of hydrogen-bond acceptors (Lipinski definition) is 6. The van der Waals surface area contributed by atoms with Crippen LogP contribution in [0.5, 0.6) is 0 Å². The number of carbonyl (C=O) groups is 1. The summed E-state index contributed by atoms with van der Waals surface area (Å²) >= 11 is 6.13. The third-order valence-electron chi connectivity index (χ3n) is 6.26. The minimum Gasteiger partial charge on any atom is -0.340 e. The number of nitrogens with one attached hydrogen (secondary N) is 2. The zero-order valence-corrected chi connectivity index (χ0v) is 22.2. The molecule has 9 heteroatoms. The molecule has 0 radical (unpaired) electrons. The summed E-state index contributed by atoms with van der Waals surface area (Å²) in [6.07, 6.45) is 0. The number of hydrogen-bond donors (Lipinski definition) is 2. The van der Waals surface area contributed by atoms with Crippen LogP contribution in [0.2, 0.25) is 5.02 Å². The van der Waals surface area contributed by atoms with Crippen LogP contribution in [-0.2, 0) is 0 Å². The van der Waals surface area contributed by atoms with Crippen molar-refractivity contribution in [3.05, 3.63) is 132 Å². The van der Waals surface area contributed by atoms with Gasteiger partial charge in [0.15, 0.2) is 11.5 Å². The van der Waals surface area contributed by atoms with E-state index >= 15 is 0 Å². The standard InChI is InChI=1S/C31H24ClN7O/c1-21-12-14-22(15-13-21)30-29(35-37-38(30)26-18-16-23(32)17-19-26)31(40)39-28(34-25-10-6-3-7-11-25)20-27(36-39)33-24-8-4-2-5-9-24/h2-20,34H,1H3,(H,33,36). The van der Waals surface area contributed by atoms with Gasteiger partial charge in [0.2, 0.25) is 0 Å². The summed E-state index contributed by atoms with van der Waals surface area (Å²) in [5, 5.41) is 20.5. The number of rotatable bonds is 7. The average molecular weight is 546 g/mol. The summed E-state index contributed by atoms with van der Waals surface area (Å²) in [6, 6.07) is 36.1. The second-order valence-electron chi connectivity index (χ2n) is 9.15. The van der Waals surface area contributed by atoms with E-state index in [2.05, 4.69) is 26.0 Å². The van der Waals surface area contributed by atoms with E-state index in [9.17, 15) is 4.79 Å². The molecule has 0 bridgehead atoms. The largest absolute Gasteiger partial charge is 0.340 e. The summed E-state index contributed by atoms with van der Waals surface area (Å²) in [6.45, 7) is 2.01. The number of nitrogens with zero attached hydrogens (tertiary/aromatic N) is 5. The van der Waals surface area contributed by atoms with Crippen LogP contribution < -0.4 is 10.6 Å². The highest BCUT2D eigenvalue weighted by atomic mass is 35.5. The first-order valence-electron chi connectivity index (χ1n) is 12.6. The first-order valence-corrected chi connectivity index (χ1v) is 13.0. The molecule has 0 aliphatic heterocycles. The van der Waals surface area contributed by atoms with Crippen LogP contribution in [0.1, 0.15) is 16.1 Å². The number of halogens is 1. The molecular weight excluding hydrogens is 522 g/mol. The second kappa shape index (κ2) is 10.9. The van der Waals surface area contributed by atoms with Crippen molar-refractivity contribution >= 4 is 40.5 Å². The molecule has 0 saturated heterocycles. The fourth-order valence-electron chi connectivity index (χ4n) is 4.28. The Balaban J connectivity index is 1.46. The Morgan fingerprint density at radius 1 is 0.775 bits per heavy atom. The van der Waals surface area contributed by atoms with Gasteiger partial charge in [0, 0.05) is 28.0 Å². The summed E-state index contributed by atoms with van der Waals surface area (Å²) in [5.41, 5.74) is 4.98. The fourth-order valence-corrected chi connectivity index (χ4v) is 4.41. The van der Waals surface area contributed by atoms with Gasteiger partial charge in [0.05, 0.1) is 5.69 Å². The number of para-hydroxylation sites is 2. The normalized spacial score (nSPS) is 10.8. The van der Waals surface area contributed by atoms with Crippen molar-refractivity contribution in [2.24, 2.45) is 0 Å². The van der Waals surface area contributed by atoms with Crippen molar-refractivity contribution in [1.82, 2.24) is 24.8 Å². The van der Waals surface area contributed by atoms with E-state index in [4.69, 9.17) is 11.6 Å². The van der Waals surface area contributed by atoms with E-state index in [0.717, 1.165) is 28.2 Å². The van der Waals surface area contributed by atoms with Gasteiger partial charge < -0.3 is 10.6 Å². The first-order chi connectivity index (χ1) is 19.5. The Morgan fingerprint density at radius 2 is 1.40 bits per heavy atom. The third kappa shape index (κ3) is 5.21. The van der Waals surface area contributed by atoms with Crippen molar-refractivity contribution in [3.8, 4) is 16.9 Å². The number of aromatic nitrogens is 5. The molecule has 40 heavy (non-hydrogen) atoms. The molecule has 0 amide bonds. The molecule has 2 N–H and O–H groups in total. The van der Waals surface area contributed by atoms with E-state index in [0.29, 0.717) is 22.4 Å². The molecule has 0 aliphatic rings. The minimum absolute atomic E-state index is 0.157. The lowest BCUT2D eigenvalue weighted by atomic mass is 10.1. The average Bonchev–Trinajstić information content (AvgIpc) is 3.59. The maximum atomic E-state index is 14.2.